The number of carboxylic acids is 1. The van der Waals surface area contributed by atoms with Gasteiger partial charge < -0.3 is 25.6 Å². The molecule has 8 nitrogen and oxygen atoms in total. The molecule has 0 aromatic heterocycles. The zero-order valence-corrected chi connectivity index (χ0v) is 19.6. The van der Waals surface area contributed by atoms with E-state index in [1.807, 2.05) is 48.5 Å². The summed E-state index contributed by atoms with van der Waals surface area (Å²) in [5.41, 5.74) is 4.38. The van der Waals surface area contributed by atoms with Crippen molar-refractivity contribution in [2.75, 3.05) is 13.2 Å². The van der Waals surface area contributed by atoms with Crippen LogP contribution in [0, 0.1) is 5.92 Å². The third-order valence-corrected chi connectivity index (χ3v) is 7.01. The van der Waals surface area contributed by atoms with Gasteiger partial charge in [-0.15, -0.1) is 0 Å². The van der Waals surface area contributed by atoms with Gasteiger partial charge in [0.2, 0.25) is 5.91 Å². The summed E-state index contributed by atoms with van der Waals surface area (Å²) in [4.78, 5) is 36.5. The van der Waals surface area contributed by atoms with E-state index in [9.17, 15) is 19.5 Å². The largest absolute Gasteiger partial charge is 0.481 e. The number of amides is 2. The monoisotopic (exact) mass is 480 g/mol. The van der Waals surface area contributed by atoms with Gasteiger partial charge in [0.1, 0.15) is 12.6 Å². The Hall–Kier alpha value is -3.39. The molecule has 35 heavy (non-hydrogen) atoms. The molecular formula is C27H32N2O6. The fourth-order valence-electron chi connectivity index (χ4n) is 5.10. The number of hydrogen-bond donors (Lipinski definition) is 4. The third-order valence-electron chi connectivity index (χ3n) is 7.01. The Kier molecular flexibility index (Phi) is 8.02. The van der Waals surface area contributed by atoms with Crippen LogP contribution in [0.2, 0.25) is 0 Å². The molecule has 0 spiro atoms. The summed E-state index contributed by atoms with van der Waals surface area (Å²) in [5.74, 6) is -1.69. The standard InChI is InChI=1S/C27H32N2O6/c30-24-12-6-1-7-17(24)15-28-26(33)23(13-14-25(31)32)29-27(34)35-16-22-20-10-4-2-8-18(20)19-9-3-5-11-21(19)22/h2-5,8-11,17,22-24,30H,1,6-7,12-16H2,(H,28,33)(H,29,34)(H,31,32). The summed E-state index contributed by atoms with van der Waals surface area (Å²) in [7, 11) is 0. The molecule has 3 atom stereocenters. The topological polar surface area (TPSA) is 125 Å². The number of carbonyl (C=O) groups is 3. The first-order valence-corrected chi connectivity index (χ1v) is 12.2. The molecule has 3 unspecified atom stereocenters. The maximum absolute atomic E-state index is 12.8. The second kappa shape index (κ2) is 11.4. The Balaban J connectivity index is 1.36. The highest BCUT2D eigenvalue weighted by molar-refractivity contribution is 5.86. The predicted octanol–water partition coefficient (Wildman–Crippen LogP) is 3.43. The molecule has 0 radical (unpaired) electrons. The Labute approximate surface area is 204 Å². The summed E-state index contributed by atoms with van der Waals surface area (Å²) in [5, 5.41) is 24.5. The van der Waals surface area contributed by atoms with Crippen molar-refractivity contribution < 1.29 is 29.3 Å². The highest BCUT2D eigenvalue weighted by atomic mass is 16.5. The van der Waals surface area contributed by atoms with Crippen LogP contribution in [-0.4, -0.2) is 53.5 Å². The maximum Gasteiger partial charge on any atom is 0.407 e. The molecule has 4 N–H and O–H groups in total. The second-order valence-electron chi connectivity index (χ2n) is 9.31. The lowest BCUT2D eigenvalue weighted by Gasteiger charge is -2.28. The first kappa shape index (κ1) is 24.7. The minimum atomic E-state index is -1.06. The SMILES string of the molecule is O=C(O)CCC(NC(=O)OCC1c2ccccc2-c2ccccc21)C(=O)NCC1CCCCC1O. The smallest absolute Gasteiger partial charge is 0.407 e. The molecule has 186 valence electrons. The van der Waals surface area contributed by atoms with Crippen LogP contribution in [0.15, 0.2) is 48.5 Å². The number of aliphatic hydroxyl groups excluding tert-OH is 1. The van der Waals surface area contributed by atoms with E-state index in [1.165, 1.54) is 0 Å². The number of carboxylic acid groups (broad SMARTS) is 1. The Morgan fingerprint density at radius 3 is 2.23 bits per heavy atom. The van der Waals surface area contributed by atoms with Crippen molar-refractivity contribution >= 4 is 18.0 Å². The average molecular weight is 481 g/mol. The number of ether oxygens (including phenoxy) is 1. The van der Waals surface area contributed by atoms with E-state index < -0.39 is 30.1 Å². The van der Waals surface area contributed by atoms with Gasteiger partial charge >= 0.3 is 12.1 Å². The van der Waals surface area contributed by atoms with Crippen LogP contribution in [0.4, 0.5) is 4.79 Å². The van der Waals surface area contributed by atoms with E-state index >= 15 is 0 Å². The Morgan fingerprint density at radius 1 is 0.971 bits per heavy atom. The van der Waals surface area contributed by atoms with Gasteiger partial charge in [-0.1, -0.05) is 61.4 Å². The van der Waals surface area contributed by atoms with Gasteiger partial charge in [-0.2, -0.15) is 0 Å². The lowest BCUT2D eigenvalue weighted by Crippen LogP contribution is -2.49. The van der Waals surface area contributed by atoms with E-state index in [2.05, 4.69) is 10.6 Å². The number of aliphatic hydroxyl groups is 1. The fourth-order valence-corrected chi connectivity index (χ4v) is 5.10. The van der Waals surface area contributed by atoms with Crippen molar-refractivity contribution in [2.24, 2.45) is 5.92 Å². The van der Waals surface area contributed by atoms with E-state index in [-0.39, 0.29) is 37.8 Å². The fraction of sp³-hybridized carbons (Fsp3) is 0.444. The van der Waals surface area contributed by atoms with E-state index in [0.717, 1.165) is 41.5 Å². The number of alkyl carbamates (subject to hydrolysis) is 1. The van der Waals surface area contributed by atoms with Gasteiger partial charge in [0, 0.05) is 24.8 Å². The van der Waals surface area contributed by atoms with Crippen LogP contribution in [0.1, 0.15) is 55.6 Å². The van der Waals surface area contributed by atoms with Crippen molar-refractivity contribution in [2.45, 2.75) is 56.6 Å². The Morgan fingerprint density at radius 2 is 1.60 bits per heavy atom. The summed E-state index contributed by atoms with van der Waals surface area (Å²) in [6, 6.07) is 14.9. The molecule has 0 saturated heterocycles. The normalized spacial score (nSPS) is 19.8. The molecule has 2 aliphatic carbocycles. The van der Waals surface area contributed by atoms with Crippen LogP contribution >= 0.6 is 0 Å². The minimum absolute atomic E-state index is 0.0396. The maximum atomic E-state index is 12.8. The van der Waals surface area contributed by atoms with Crippen molar-refractivity contribution in [3.8, 4) is 11.1 Å². The van der Waals surface area contributed by atoms with Crippen LogP contribution < -0.4 is 10.6 Å². The van der Waals surface area contributed by atoms with E-state index in [4.69, 9.17) is 9.84 Å². The minimum Gasteiger partial charge on any atom is -0.481 e. The zero-order chi connectivity index (χ0) is 24.8. The third kappa shape index (κ3) is 6.00. The molecule has 8 heteroatoms. The van der Waals surface area contributed by atoms with Gasteiger partial charge in [0.15, 0.2) is 0 Å². The molecule has 2 amide bonds. The highest BCUT2D eigenvalue weighted by Gasteiger charge is 2.30. The van der Waals surface area contributed by atoms with E-state index in [0.29, 0.717) is 6.42 Å². The second-order valence-corrected chi connectivity index (χ2v) is 9.31. The summed E-state index contributed by atoms with van der Waals surface area (Å²) < 4.78 is 5.52. The average Bonchev–Trinajstić information content (AvgIpc) is 3.18. The lowest BCUT2D eigenvalue weighted by atomic mass is 9.86. The van der Waals surface area contributed by atoms with E-state index in [1.54, 1.807) is 0 Å². The molecule has 2 aromatic rings. The first-order chi connectivity index (χ1) is 16.9. The number of hydrogen-bond acceptors (Lipinski definition) is 5. The molecule has 0 heterocycles. The number of rotatable bonds is 9. The molecular weight excluding hydrogens is 448 g/mol. The molecule has 1 fully saturated rings. The summed E-state index contributed by atoms with van der Waals surface area (Å²) >= 11 is 0. The van der Waals surface area contributed by atoms with Crippen molar-refractivity contribution in [1.82, 2.24) is 10.6 Å². The lowest BCUT2D eigenvalue weighted by molar-refractivity contribution is -0.137. The zero-order valence-electron chi connectivity index (χ0n) is 19.6. The highest BCUT2D eigenvalue weighted by Crippen LogP contribution is 2.44. The van der Waals surface area contributed by atoms with Gasteiger partial charge in [0.05, 0.1) is 6.10 Å². The number of fused-ring (bicyclic) bond motifs is 3. The predicted molar refractivity (Wildman–Crippen MR) is 130 cm³/mol. The van der Waals surface area contributed by atoms with Crippen LogP contribution in [0.5, 0.6) is 0 Å². The van der Waals surface area contributed by atoms with Gasteiger partial charge in [-0.25, -0.2) is 4.79 Å². The molecule has 1 saturated carbocycles. The van der Waals surface area contributed by atoms with Crippen LogP contribution in [0.3, 0.4) is 0 Å². The Bertz CT molecular complexity index is 1030. The van der Waals surface area contributed by atoms with Crippen molar-refractivity contribution in [1.29, 1.82) is 0 Å². The van der Waals surface area contributed by atoms with Gasteiger partial charge in [-0.3, -0.25) is 9.59 Å². The quantitative estimate of drug-likeness (QED) is 0.436. The molecule has 2 aliphatic rings. The van der Waals surface area contributed by atoms with Crippen LogP contribution in [0.25, 0.3) is 11.1 Å². The number of carbonyl (C=O) groups excluding carboxylic acids is 2. The number of aliphatic carboxylic acids is 1. The molecule has 0 bridgehead atoms. The molecule has 4 rings (SSSR count). The molecule has 2 aromatic carbocycles. The van der Waals surface area contributed by atoms with Gasteiger partial charge in [-0.05, 0) is 41.5 Å². The number of nitrogens with one attached hydrogen (secondary N) is 2. The van der Waals surface area contributed by atoms with Crippen molar-refractivity contribution in [3.05, 3.63) is 59.7 Å². The number of benzene rings is 2. The molecule has 0 aliphatic heterocycles. The summed E-state index contributed by atoms with van der Waals surface area (Å²) in [6.45, 7) is 0.386. The van der Waals surface area contributed by atoms with Gasteiger partial charge in [0.25, 0.3) is 0 Å². The first-order valence-electron chi connectivity index (χ1n) is 12.2. The van der Waals surface area contributed by atoms with Crippen LogP contribution in [-0.2, 0) is 14.3 Å². The van der Waals surface area contributed by atoms with Crippen molar-refractivity contribution in [3.63, 3.8) is 0 Å². The summed E-state index contributed by atoms with van der Waals surface area (Å²) in [6.07, 6.45) is 1.94.